The summed E-state index contributed by atoms with van der Waals surface area (Å²) in [6.07, 6.45) is 0. The van der Waals surface area contributed by atoms with Crippen molar-refractivity contribution >= 4 is 23.5 Å². The Balaban J connectivity index is 1.95. The van der Waals surface area contributed by atoms with Crippen LogP contribution < -0.4 is 0 Å². The van der Waals surface area contributed by atoms with Crippen LogP contribution in [0.5, 0.6) is 0 Å². The van der Waals surface area contributed by atoms with E-state index in [1.54, 1.807) is 0 Å². The van der Waals surface area contributed by atoms with Crippen molar-refractivity contribution in [1.82, 2.24) is 4.90 Å². The van der Waals surface area contributed by atoms with E-state index >= 15 is 0 Å². The molecule has 3 aromatic rings. The van der Waals surface area contributed by atoms with E-state index in [4.69, 9.17) is 0 Å². The van der Waals surface area contributed by atoms with E-state index < -0.39 is 0 Å². The van der Waals surface area contributed by atoms with E-state index in [2.05, 4.69) is 110 Å². The Kier molecular flexibility index (Phi) is 5.12. The van der Waals surface area contributed by atoms with E-state index in [-0.39, 0.29) is 4.75 Å². The van der Waals surface area contributed by atoms with Crippen LogP contribution in [0.2, 0.25) is 0 Å². The Labute approximate surface area is 164 Å². The molecule has 0 fully saturated rings. The lowest BCUT2D eigenvalue weighted by molar-refractivity contribution is 0.437. The van der Waals surface area contributed by atoms with Crippen LogP contribution in [0.1, 0.15) is 16.7 Å². The second-order valence-corrected chi connectivity index (χ2v) is 9.19. The van der Waals surface area contributed by atoms with Crippen molar-refractivity contribution in [3.63, 3.8) is 0 Å². The van der Waals surface area contributed by atoms with E-state index in [0.717, 1.165) is 12.3 Å². The van der Waals surface area contributed by atoms with Gasteiger partial charge in [-0.25, -0.2) is 0 Å². The van der Waals surface area contributed by atoms with Gasteiger partial charge in [-0.15, -0.1) is 11.8 Å². The fourth-order valence-electron chi connectivity index (χ4n) is 3.56. The lowest BCUT2D eigenvalue weighted by Gasteiger charge is -2.41. The number of nitrogens with zero attached hydrogens (tertiary/aromatic N) is 1. The van der Waals surface area contributed by atoms with Gasteiger partial charge in [-0.05, 0) is 42.9 Å². The maximum absolute atomic E-state index is 2.31. The van der Waals surface area contributed by atoms with E-state index in [0.29, 0.717) is 0 Å². The molecule has 0 N–H and O–H groups in total. The Bertz CT molecular complexity index is 844. The minimum Gasteiger partial charge on any atom is -0.309 e. The summed E-state index contributed by atoms with van der Waals surface area (Å²) >= 11 is 3.95. The van der Waals surface area contributed by atoms with Crippen molar-refractivity contribution in [2.75, 3.05) is 26.4 Å². The topological polar surface area (TPSA) is 3.24 Å². The molecule has 0 bridgehead atoms. The highest BCUT2D eigenvalue weighted by atomic mass is 32.2. The Morgan fingerprint density at radius 3 is 1.88 bits per heavy atom. The first-order valence-corrected chi connectivity index (χ1v) is 10.7. The zero-order chi connectivity index (χ0) is 18.0. The summed E-state index contributed by atoms with van der Waals surface area (Å²) in [6.45, 7) is 1.07. The second kappa shape index (κ2) is 7.51. The van der Waals surface area contributed by atoms with Gasteiger partial charge >= 0.3 is 0 Å². The molecule has 0 atom stereocenters. The predicted molar refractivity (Wildman–Crippen MR) is 114 cm³/mol. The van der Waals surface area contributed by atoms with Crippen molar-refractivity contribution in [1.29, 1.82) is 0 Å². The molecule has 1 heterocycles. The van der Waals surface area contributed by atoms with Crippen LogP contribution in [0.15, 0.2) is 88.7 Å². The molecular weight excluding hydrogens is 354 g/mol. The van der Waals surface area contributed by atoms with Crippen LogP contribution in [0.4, 0.5) is 0 Å². The highest BCUT2D eigenvalue weighted by molar-refractivity contribution is 8.01. The van der Waals surface area contributed by atoms with E-state index in [1.807, 2.05) is 11.8 Å². The summed E-state index contributed by atoms with van der Waals surface area (Å²) in [7, 11) is 4.29. The first-order chi connectivity index (χ1) is 12.7. The van der Waals surface area contributed by atoms with Crippen molar-refractivity contribution < 1.29 is 0 Å². The Hall–Kier alpha value is -1.68. The summed E-state index contributed by atoms with van der Waals surface area (Å²) < 4.78 is -0.157. The normalized spacial score (nSPS) is 14.7. The molecule has 0 saturated heterocycles. The number of thioether (sulfide) groups is 1. The predicted octanol–water partition coefficient (Wildman–Crippen LogP) is 5.74. The number of benzene rings is 3. The highest BCUT2D eigenvalue weighted by Crippen LogP contribution is 2.57. The number of hydrogen-bond acceptors (Lipinski definition) is 3. The van der Waals surface area contributed by atoms with Crippen molar-refractivity contribution in [3.05, 3.63) is 95.6 Å². The van der Waals surface area contributed by atoms with Gasteiger partial charge in [0.05, 0.1) is 4.75 Å². The summed E-state index contributed by atoms with van der Waals surface area (Å²) in [6, 6.07) is 28.8. The maximum Gasteiger partial charge on any atom is 0.0929 e. The van der Waals surface area contributed by atoms with Crippen LogP contribution in [0.25, 0.3) is 0 Å². The zero-order valence-corrected chi connectivity index (χ0v) is 16.8. The first-order valence-electron chi connectivity index (χ1n) is 8.93. The summed E-state index contributed by atoms with van der Waals surface area (Å²) in [5.41, 5.74) is 4.20. The van der Waals surface area contributed by atoms with Crippen molar-refractivity contribution in [2.24, 2.45) is 0 Å². The molecule has 0 radical (unpaired) electrons. The van der Waals surface area contributed by atoms with Crippen LogP contribution in [0.3, 0.4) is 0 Å². The fourth-order valence-corrected chi connectivity index (χ4v) is 6.61. The van der Waals surface area contributed by atoms with Crippen molar-refractivity contribution in [3.8, 4) is 0 Å². The maximum atomic E-state index is 2.31. The molecule has 132 valence electrons. The van der Waals surface area contributed by atoms with Gasteiger partial charge in [0, 0.05) is 22.1 Å². The van der Waals surface area contributed by atoms with Gasteiger partial charge in [-0.1, -0.05) is 78.5 Å². The van der Waals surface area contributed by atoms with Gasteiger partial charge < -0.3 is 4.90 Å². The number of fused-ring (bicyclic) bond motifs is 2. The average molecular weight is 378 g/mol. The van der Waals surface area contributed by atoms with Gasteiger partial charge in [-0.2, -0.15) is 0 Å². The summed E-state index contributed by atoms with van der Waals surface area (Å²) in [5.74, 6) is 1.08. The molecule has 0 spiro atoms. The second-order valence-electron chi connectivity index (χ2n) is 6.79. The molecule has 0 aromatic heterocycles. The lowest BCUT2D eigenvalue weighted by atomic mass is 9.83. The fraction of sp³-hybridized carbons (Fsp3) is 0.217. The minimum atomic E-state index is -0.157. The lowest BCUT2D eigenvalue weighted by Crippen LogP contribution is -2.31. The van der Waals surface area contributed by atoms with Gasteiger partial charge in [0.25, 0.3) is 0 Å². The average Bonchev–Trinajstić information content (AvgIpc) is 2.68. The molecule has 0 aliphatic carbocycles. The van der Waals surface area contributed by atoms with Crippen LogP contribution in [-0.4, -0.2) is 31.3 Å². The molecule has 1 aliphatic heterocycles. The van der Waals surface area contributed by atoms with Gasteiger partial charge in [-0.3, -0.25) is 0 Å². The quantitative estimate of drug-likeness (QED) is 0.558. The Morgan fingerprint density at radius 2 is 1.31 bits per heavy atom. The monoisotopic (exact) mass is 377 g/mol. The zero-order valence-electron chi connectivity index (χ0n) is 15.2. The summed E-state index contributed by atoms with van der Waals surface area (Å²) in [5, 5.41) is 0. The SMILES string of the molecule is CN(C)CCSC1(c2ccccc2)c2ccccc2Sc2ccccc21. The first kappa shape index (κ1) is 17.7. The van der Waals surface area contributed by atoms with Gasteiger partial charge in [0.1, 0.15) is 0 Å². The third-order valence-corrected chi connectivity index (χ3v) is 7.44. The third kappa shape index (κ3) is 3.09. The van der Waals surface area contributed by atoms with Crippen molar-refractivity contribution in [2.45, 2.75) is 14.5 Å². The van der Waals surface area contributed by atoms with Gasteiger partial charge in [0.15, 0.2) is 0 Å². The molecule has 0 saturated carbocycles. The molecule has 1 nitrogen and oxygen atoms in total. The number of rotatable bonds is 5. The largest absolute Gasteiger partial charge is 0.309 e. The van der Waals surface area contributed by atoms with Crippen LogP contribution in [0, 0.1) is 0 Å². The molecule has 0 amide bonds. The van der Waals surface area contributed by atoms with Crippen LogP contribution >= 0.6 is 23.5 Å². The van der Waals surface area contributed by atoms with E-state index in [9.17, 15) is 0 Å². The standard InChI is InChI=1S/C23H23NS2/c1-24(2)16-17-25-23(18-10-4-3-5-11-18)19-12-6-8-14-21(19)26-22-15-9-7-13-20(22)23/h3-15H,16-17H2,1-2H3. The molecule has 3 heteroatoms. The molecule has 0 unspecified atom stereocenters. The summed E-state index contributed by atoms with van der Waals surface area (Å²) in [4.78, 5) is 5.00. The van der Waals surface area contributed by atoms with Crippen LogP contribution in [-0.2, 0) is 4.75 Å². The molecule has 4 rings (SSSR count). The van der Waals surface area contributed by atoms with E-state index in [1.165, 1.54) is 26.5 Å². The molecule has 3 aromatic carbocycles. The Morgan fingerprint density at radius 1 is 0.769 bits per heavy atom. The highest BCUT2D eigenvalue weighted by Gasteiger charge is 2.42. The molecule has 26 heavy (non-hydrogen) atoms. The third-order valence-electron chi connectivity index (χ3n) is 4.79. The molecule has 1 aliphatic rings. The van der Waals surface area contributed by atoms with Gasteiger partial charge in [0.2, 0.25) is 0 Å². The minimum absolute atomic E-state index is 0.157. The number of hydrogen-bond donors (Lipinski definition) is 0. The molecular formula is C23H23NS2. The smallest absolute Gasteiger partial charge is 0.0929 e.